The highest BCUT2D eigenvalue weighted by atomic mass is 19.1. The van der Waals surface area contributed by atoms with Crippen LogP contribution in [-0.2, 0) is 6.42 Å². The molecule has 4 rings (SSSR count). The summed E-state index contributed by atoms with van der Waals surface area (Å²) in [5.74, 6) is 0.0712. The van der Waals surface area contributed by atoms with E-state index in [9.17, 15) is 14.0 Å². The van der Waals surface area contributed by atoms with E-state index >= 15 is 0 Å². The average Bonchev–Trinajstić information content (AvgIpc) is 2.77. The topological polar surface area (TPSA) is 66.1 Å². The second-order valence-electron chi connectivity index (χ2n) is 8.62. The number of carbonyl (C=O) groups is 1. The zero-order chi connectivity index (χ0) is 22.4. The summed E-state index contributed by atoms with van der Waals surface area (Å²) in [5.41, 5.74) is 1.33. The number of halogens is 1. The number of aromatic nitrogens is 2. The number of likely N-dealkylation sites (tertiary alicyclic amines) is 1. The summed E-state index contributed by atoms with van der Waals surface area (Å²) in [5, 5.41) is 7.99. The van der Waals surface area contributed by atoms with Crippen molar-refractivity contribution in [1.82, 2.24) is 15.1 Å². The Morgan fingerprint density at radius 1 is 1.06 bits per heavy atom. The number of amides is 1. The van der Waals surface area contributed by atoms with Gasteiger partial charge in [-0.05, 0) is 48.9 Å². The van der Waals surface area contributed by atoms with Crippen molar-refractivity contribution in [3.63, 3.8) is 0 Å². The fourth-order valence-corrected chi connectivity index (χ4v) is 3.61. The molecule has 2 aromatic carbocycles. The molecule has 5 nitrogen and oxygen atoms in total. The Labute approximate surface area is 182 Å². The predicted molar refractivity (Wildman–Crippen MR) is 122 cm³/mol. The minimum absolute atomic E-state index is 0.100. The fourth-order valence-electron chi connectivity index (χ4n) is 3.61. The lowest BCUT2D eigenvalue weighted by Gasteiger charge is -2.27. The van der Waals surface area contributed by atoms with Gasteiger partial charge in [-0.25, -0.2) is 9.49 Å². The summed E-state index contributed by atoms with van der Waals surface area (Å²) >= 11 is 0. The largest absolute Gasteiger partial charge is 0.339 e. The highest BCUT2D eigenvalue weighted by Crippen LogP contribution is 2.20. The molecule has 0 aliphatic carbocycles. The van der Waals surface area contributed by atoms with E-state index in [1.807, 2.05) is 12.1 Å². The summed E-state index contributed by atoms with van der Waals surface area (Å²) in [7, 11) is 0. The molecule has 1 amide bonds. The van der Waals surface area contributed by atoms with Crippen molar-refractivity contribution < 1.29 is 9.18 Å². The van der Waals surface area contributed by atoms with Crippen LogP contribution in [0.2, 0.25) is 0 Å². The molecule has 0 radical (unpaired) electrons. The number of carbonyl (C=O) groups excluding carboxylic acids is 1. The van der Waals surface area contributed by atoms with Crippen molar-refractivity contribution in [2.45, 2.75) is 46.5 Å². The molecule has 3 aromatic rings. The van der Waals surface area contributed by atoms with E-state index in [2.05, 4.69) is 31.0 Å². The molecule has 1 N–H and O–H groups in total. The van der Waals surface area contributed by atoms with Gasteiger partial charge in [-0.3, -0.25) is 9.59 Å². The van der Waals surface area contributed by atoms with Crippen molar-refractivity contribution in [1.29, 1.82) is 0 Å². The molecule has 0 saturated carbocycles. The zero-order valence-electron chi connectivity index (χ0n) is 18.5. The maximum Gasteiger partial charge on any atom is 0.272 e. The van der Waals surface area contributed by atoms with Crippen LogP contribution < -0.4 is 5.56 Å². The van der Waals surface area contributed by atoms with Crippen LogP contribution in [0.25, 0.3) is 10.8 Å². The molecule has 164 valence electrons. The number of piperidine rings is 1. The van der Waals surface area contributed by atoms with Crippen molar-refractivity contribution >= 4 is 16.7 Å². The monoisotopic (exact) mass is 423 g/mol. The van der Waals surface area contributed by atoms with E-state index in [0.29, 0.717) is 30.6 Å². The third-order valence-corrected chi connectivity index (χ3v) is 5.05. The van der Waals surface area contributed by atoms with Crippen molar-refractivity contribution in [3.8, 4) is 0 Å². The quantitative estimate of drug-likeness (QED) is 0.649. The standard InChI is InChI=1S/C21H20FN3O2.C4H10/c22-18-9-8-14(12-17(18)21(27)25-10-4-1-5-11-25)13-19-15-6-2-3-7-16(15)20(26)24-23-19;1-4(2)3/h2-3,6-9,12H,1,4-5,10-11,13H2,(H,24,26);4H,1-3H3. The summed E-state index contributed by atoms with van der Waals surface area (Å²) in [6, 6.07) is 11.8. The van der Waals surface area contributed by atoms with Crippen molar-refractivity contribution in [3.05, 3.63) is 75.5 Å². The van der Waals surface area contributed by atoms with Gasteiger partial charge in [0.05, 0.1) is 16.6 Å². The van der Waals surface area contributed by atoms with Crippen molar-refractivity contribution in [2.75, 3.05) is 13.1 Å². The van der Waals surface area contributed by atoms with Gasteiger partial charge in [0.1, 0.15) is 5.82 Å². The van der Waals surface area contributed by atoms with Gasteiger partial charge in [0.25, 0.3) is 11.5 Å². The molecular weight excluding hydrogens is 393 g/mol. The first-order chi connectivity index (χ1) is 14.9. The molecule has 2 heterocycles. The van der Waals surface area contributed by atoms with E-state index in [1.165, 1.54) is 6.07 Å². The molecule has 1 saturated heterocycles. The molecule has 6 heteroatoms. The summed E-state index contributed by atoms with van der Waals surface area (Å²) in [4.78, 5) is 26.4. The number of nitrogens with zero attached hydrogens (tertiary/aromatic N) is 2. The molecule has 0 spiro atoms. The van der Waals surface area contributed by atoms with Crippen LogP contribution in [0, 0.1) is 11.7 Å². The molecule has 0 atom stereocenters. The van der Waals surface area contributed by atoms with Gasteiger partial charge in [0, 0.05) is 24.9 Å². The van der Waals surface area contributed by atoms with Gasteiger partial charge in [-0.15, -0.1) is 0 Å². The molecule has 0 bridgehead atoms. The molecular formula is C25H30FN3O2. The number of aromatic amines is 1. The number of nitrogens with one attached hydrogen (secondary N) is 1. The van der Waals surface area contributed by atoms with Gasteiger partial charge < -0.3 is 4.90 Å². The van der Waals surface area contributed by atoms with Crippen LogP contribution in [0.1, 0.15) is 61.6 Å². The SMILES string of the molecule is CC(C)C.O=C(c1cc(Cc2n[nH]c(=O)c3ccccc23)ccc1F)N1CCCCC1. The van der Waals surface area contributed by atoms with Crippen LogP contribution in [-0.4, -0.2) is 34.1 Å². The highest BCUT2D eigenvalue weighted by molar-refractivity contribution is 5.94. The van der Waals surface area contributed by atoms with E-state index in [4.69, 9.17) is 0 Å². The number of benzene rings is 2. The molecule has 1 aliphatic rings. The number of fused-ring (bicyclic) bond motifs is 1. The zero-order valence-corrected chi connectivity index (χ0v) is 18.5. The first-order valence-electron chi connectivity index (χ1n) is 10.9. The Hall–Kier alpha value is -3.02. The Kier molecular flexibility index (Phi) is 7.55. The first-order valence-corrected chi connectivity index (χ1v) is 10.9. The third-order valence-electron chi connectivity index (χ3n) is 5.05. The number of rotatable bonds is 3. The van der Waals surface area contributed by atoms with E-state index < -0.39 is 5.82 Å². The molecule has 1 aromatic heterocycles. The molecule has 1 aliphatic heterocycles. The second kappa shape index (κ2) is 10.3. The summed E-state index contributed by atoms with van der Waals surface area (Å²) in [6.45, 7) is 7.85. The maximum absolute atomic E-state index is 14.3. The Bertz CT molecular complexity index is 1100. The Morgan fingerprint density at radius 2 is 1.71 bits per heavy atom. The number of H-pyrrole nitrogens is 1. The van der Waals surface area contributed by atoms with E-state index in [1.54, 1.807) is 29.2 Å². The van der Waals surface area contributed by atoms with Gasteiger partial charge >= 0.3 is 0 Å². The van der Waals surface area contributed by atoms with Crippen LogP contribution in [0.3, 0.4) is 0 Å². The summed E-state index contributed by atoms with van der Waals surface area (Å²) < 4.78 is 14.3. The Morgan fingerprint density at radius 3 is 2.39 bits per heavy atom. The van der Waals surface area contributed by atoms with Crippen LogP contribution in [0.15, 0.2) is 47.3 Å². The predicted octanol–water partition coefficient (Wildman–Crippen LogP) is 4.94. The van der Waals surface area contributed by atoms with Crippen LogP contribution >= 0.6 is 0 Å². The normalized spacial score (nSPS) is 13.8. The van der Waals surface area contributed by atoms with Gasteiger partial charge in [-0.2, -0.15) is 5.10 Å². The first kappa shape index (κ1) is 22.7. The van der Waals surface area contributed by atoms with E-state index in [-0.39, 0.29) is 17.0 Å². The minimum Gasteiger partial charge on any atom is -0.339 e. The average molecular weight is 424 g/mol. The highest BCUT2D eigenvalue weighted by Gasteiger charge is 2.21. The minimum atomic E-state index is -0.506. The Balaban J connectivity index is 0.000000628. The smallest absolute Gasteiger partial charge is 0.272 e. The molecule has 1 fully saturated rings. The van der Waals surface area contributed by atoms with Gasteiger partial charge in [-0.1, -0.05) is 45.0 Å². The van der Waals surface area contributed by atoms with Gasteiger partial charge in [0.15, 0.2) is 0 Å². The third kappa shape index (κ3) is 5.78. The molecule has 0 unspecified atom stereocenters. The lowest BCUT2D eigenvalue weighted by molar-refractivity contribution is 0.0719. The lowest BCUT2D eigenvalue weighted by atomic mass is 10.0. The summed E-state index contributed by atoms with van der Waals surface area (Å²) in [6.07, 6.45) is 3.43. The number of hydrogen-bond donors (Lipinski definition) is 1. The fraction of sp³-hybridized carbons (Fsp3) is 0.400. The number of hydrogen-bond acceptors (Lipinski definition) is 3. The second-order valence-corrected chi connectivity index (χ2v) is 8.62. The van der Waals surface area contributed by atoms with E-state index in [0.717, 1.165) is 36.1 Å². The van der Waals surface area contributed by atoms with Crippen molar-refractivity contribution in [2.24, 2.45) is 5.92 Å². The van der Waals surface area contributed by atoms with Gasteiger partial charge in [0.2, 0.25) is 0 Å². The lowest BCUT2D eigenvalue weighted by Crippen LogP contribution is -2.36. The maximum atomic E-state index is 14.3. The van der Waals surface area contributed by atoms with Crippen LogP contribution in [0.4, 0.5) is 4.39 Å². The van der Waals surface area contributed by atoms with Crippen LogP contribution in [0.5, 0.6) is 0 Å². The molecule has 31 heavy (non-hydrogen) atoms.